The quantitative estimate of drug-likeness (QED) is 0.0490. The van der Waals surface area contributed by atoms with Crippen molar-refractivity contribution in [3.05, 3.63) is 53.3 Å². The summed E-state index contributed by atoms with van der Waals surface area (Å²) in [5.41, 5.74) is 2.34. The summed E-state index contributed by atoms with van der Waals surface area (Å²) in [6.45, 7) is 8.53. The number of halogens is 6. The summed E-state index contributed by atoms with van der Waals surface area (Å²) in [7, 11) is 0. The van der Waals surface area contributed by atoms with Crippen LogP contribution in [-0.2, 0) is 15.9 Å². The van der Waals surface area contributed by atoms with Crippen molar-refractivity contribution in [3.8, 4) is 11.5 Å². The molecule has 0 fully saturated rings. The maximum Gasteiger partial charge on any atom is 0.147 e. The lowest BCUT2D eigenvalue weighted by molar-refractivity contribution is 0.121. The molecular formula is C51H82Br6O4. The summed E-state index contributed by atoms with van der Waals surface area (Å²) in [4.78, 5) is 0.249. The Labute approximate surface area is 424 Å². The van der Waals surface area contributed by atoms with E-state index >= 15 is 0 Å². The molecule has 0 saturated carbocycles. The molecule has 0 aliphatic heterocycles. The van der Waals surface area contributed by atoms with Crippen LogP contribution < -0.4 is 9.47 Å². The fourth-order valence-corrected chi connectivity index (χ4v) is 11.3. The zero-order chi connectivity index (χ0) is 44.2. The average Bonchev–Trinajstić information content (AvgIpc) is 3.22. The lowest BCUT2D eigenvalue weighted by Crippen LogP contribution is -2.18. The van der Waals surface area contributed by atoms with E-state index in [2.05, 4.69) is 134 Å². The lowest BCUT2D eigenvalue weighted by Gasteiger charge is -2.17. The minimum atomic E-state index is 0.124. The van der Waals surface area contributed by atoms with Gasteiger partial charge in [0.2, 0.25) is 0 Å². The van der Waals surface area contributed by atoms with E-state index in [9.17, 15) is 0 Å². The minimum absolute atomic E-state index is 0.124. The van der Waals surface area contributed by atoms with Gasteiger partial charge in [0.25, 0.3) is 0 Å². The van der Waals surface area contributed by atoms with Gasteiger partial charge in [-0.3, -0.25) is 0 Å². The van der Waals surface area contributed by atoms with Crippen LogP contribution >= 0.6 is 95.6 Å². The molecule has 0 aromatic heterocycles. The molecule has 2 unspecified atom stereocenters. The van der Waals surface area contributed by atoms with Crippen LogP contribution in [0.4, 0.5) is 0 Å². The summed E-state index contributed by atoms with van der Waals surface area (Å²) < 4.78 is 28.1. The number of benzene rings is 2. The third kappa shape index (κ3) is 30.7. The number of ether oxygens (including phenoxy) is 4. The van der Waals surface area contributed by atoms with Crippen molar-refractivity contribution >= 4 is 95.6 Å². The fraction of sp³-hybridized carbons (Fsp3) is 0.765. The molecule has 2 aromatic carbocycles. The first kappa shape index (κ1) is 58.0. The molecule has 0 saturated heterocycles. The summed E-state index contributed by atoms with van der Waals surface area (Å²) in [6.07, 6.45) is 39.1. The van der Waals surface area contributed by atoms with Gasteiger partial charge in [-0.1, -0.05) is 213 Å². The van der Waals surface area contributed by atoms with Gasteiger partial charge in [-0.15, -0.1) is 0 Å². The average molecular weight is 1240 g/mol. The maximum absolute atomic E-state index is 6.23. The van der Waals surface area contributed by atoms with Crippen LogP contribution in [0.3, 0.4) is 0 Å². The first-order chi connectivity index (χ1) is 29.7. The minimum Gasteiger partial charge on any atom is -0.490 e. The second kappa shape index (κ2) is 40.0. The number of alkyl halides is 2. The smallest absolute Gasteiger partial charge is 0.147 e. The topological polar surface area (TPSA) is 36.9 Å². The van der Waals surface area contributed by atoms with Gasteiger partial charge in [0, 0.05) is 13.2 Å². The van der Waals surface area contributed by atoms with Crippen LogP contribution in [0.25, 0.3) is 0 Å². The highest BCUT2D eigenvalue weighted by molar-refractivity contribution is 9.11. The second-order valence-corrected chi connectivity index (χ2v) is 23.1. The largest absolute Gasteiger partial charge is 0.490 e. The van der Waals surface area contributed by atoms with Crippen LogP contribution in [0.5, 0.6) is 11.5 Å². The Morgan fingerprint density at radius 3 is 0.869 bits per heavy atom. The highest BCUT2D eigenvalue weighted by Crippen LogP contribution is 2.38. The molecule has 0 radical (unpaired) electrons. The second-order valence-electron chi connectivity index (χ2n) is 17.1. The zero-order valence-corrected chi connectivity index (χ0v) is 47.6. The van der Waals surface area contributed by atoms with Crippen LogP contribution in [-0.4, -0.2) is 49.3 Å². The molecule has 0 spiro atoms. The number of hydrogen-bond donors (Lipinski definition) is 0. The Hall–Kier alpha value is 0.840. The molecule has 2 rings (SSSR count). The lowest BCUT2D eigenvalue weighted by atomic mass is 10.0. The van der Waals surface area contributed by atoms with Crippen LogP contribution in [0.2, 0.25) is 0 Å². The normalized spacial score (nSPS) is 12.6. The molecule has 10 heteroatoms. The Morgan fingerprint density at radius 2 is 0.607 bits per heavy atom. The molecule has 0 aliphatic carbocycles. The van der Waals surface area contributed by atoms with Crippen LogP contribution in [0, 0.1) is 0 Å². The molecule has 0 bridgehead atoms. The molecular weight excluding hydrogens is 1160 g/mol. The standard InChI is InChI=1S/C51H82Br6O4/c1-3-5-7-9-11-13-15-17-19-21-23-25-27-29-31-58-38-44(52)40-60-50-46(54)34-42(35-47(50)55)33-43-36-48(56)51(49(57)37-43)61-41-45(53)39-59-32-30-28-26-24-22-20-18-16-14-12-10-8-6-4-2/h34-37,44-45H,3-33,38-41H2,1-2H3. The van der Waals surface area contributed by atoms with Crippen molar-refractivity contribution < 1.29 is 18.9 Å². The van der Waals surface area contributed by atoms with E-state index in [1.54, 1.807) is 0 Å². The first-order valence-corrected chi connectivity index (χ1v) is 29.4. The highest BCUT2D eigenvalue weighted by atomic mass is 79.9. The van der Waals surface area contributed by atoms with Crippen molar-refractivity contribution in [1.29, 1.82) is 0 Å². The Bertz CT molecular complexity index is 1200. The van der Waals surface area contributed by atoms with Gasteiger partial charge in [0.15, 0.2) is 0 Å². The predicted molar refractivity (Wildman–Crippen MR) is 285 cm³/mol. The van der Waals surface area contributed by atoms with Gasteiger partial charge in [0.05, 0.1) is 40.8 Å². The third-order valence-corrected chi connectivity index (χ3v) is 14.6. The Kier molecular flexibility index (Phi) is 38.0. The molecule has 2 atom stereocenters. The molecule has 0 N–H and O–H groups in total. The summed E-state index contributed by atoms with van der Waals surface area (Å²) >= 11 is 22.5. The van der Waals surface area contributed by atoms with E-state index in [-0.39, 0.29) is 9.65 Å². The highest BCUT2D eigenvalue weighted by Gasteiger charge is 2.16. The van der Waals surface area contributed by atoms with Gasteiger partial charge in [-0.05, 0) is 118 Å². The SMILES string of the molecule is CCCCCCCCCCCCCCCCOCC(Br)COc1c(Br)cc(Cc2cc(Br)c(OCC(Br)COCCCCCCCCCCCCCCCC)c(Br)c2)cc1Br. The molecule has 2 aromatic rings. The van der Waals surface area contributed by atoms with Gasteiger partial charge < -0.3 is 18.9 Å². The van der Waals surface area contributed by atoms with Crippen molar-refractivity contribution in [2.45, 2.75) is 210 Å². The maximum atomic E-state index is 6.23. The molecule has 4 nitrogen and oxygen atoms in total. The van der Waals surface area contributed by atoms with Gasteiger partial charge >= 0.3 is 0 Å². The summed E-state index contributed by atoms with van der Waals surface area (Å²) in [6, 6.07) is 8.54. The molecule has 0 aliphatic rings. The third-order valence-electron chi connectivity index (χ3n) is 11.2. The van der Waals surface area contributed by atoms with Gasteiger partial charge in [0.1, 0.15) is 24.7 Å². The number of unbranched alkanes of at least 4 members (excludes halogenated alkanes) is 26. The van der Waals surface area contributed by atoms with E-state index in [1.165, 1.54) is 178 Å². The Balaban J connectivity index is 1.55. The Morgan fingerprint density at radius 1 is 0.361 bits per heavy atom. The first-order valence-electron chi connectivity index (χ1n) is 24.4. The number of hydrogen-bond acceptors (Lipinski definition) is 4. The fourth-order valence-electron chi connectivity index (χ4n) is 7.60. The van der Waals surface area contributed by atoms with E-state index in [4.69, 9.17) is 18.9 Å². The molecule has 0 heterocycles. The van der Waals surface area contributed by atoms with Crippen molar-refractivity contribution in [2.75, 3.05) is 39.6 Å². The molecule has 0 amide bonds. The van der Waals surface area contributed by atoms with E-state index in [1.807, 2.05) is 0 Å². The van der Waals surface area contributed by atoms with Crippen molar-refractivity contribution in [3.63, 3.8) is 0 Å². The monoisotopic (exact) mass is 1230 g/mol. The van der Waals surface area contributed by atoms with Crippen molar-refractivity contribution in [1.82, 2.24) is 0 Å². The summed E-state index contributed by atoms with van der Waals surface area (Å²) in [5.74, 6) is 1.61. The van der Waals surface area contributed by atoms with Crippen molar-refractivity contribution in [2.24, 2.45) is 0 Å². The van der Waals surface area contributed by atoms with Gasteiger partial charge in [-0.2, -0.15) is 0 Å². The van der Waals surface area contributed by atoms with Crippen LogP contribution in [0.15, 0.2) is 42.2 Å². The van der Waals surface area contributed by atoms with E-state index in [0.717, 1.165) is 61.9 Å². The summed E-state index contributed by atoms with van der Waals surface area (Å²) in [5, 5.41) is 0. The van der Waals surface area contributed by atoms with E-state index in [0.29, 0.717) is 26.4 Å². The van der Waals surface area contributed by atoms with Crippen LogP contribution in [0.1, 0.15) is 205 Å². The number of rotatable bonds is 42. The molecule has 61 heavy (non-hydrogen) atoms. The zero-order valence-electron chi connectivity index (χ0n) is 38.1. The van der Waals surface area contributed by atoms with E-state index < -0.39 is 0 Å². The van der Waals surface area contributed by atoms with Gasteiger partial charge in [-0.25, -0.2) is 0 Å². The molecule has 352 valence electrons. The predicted octanol–water partition coefficient (Wildman–Crippen LogP) is 19.6.